The van der Waals surface area contributed by atoms with Crippen LogP contribution in [0.3, 0.4) is 0 Å². The number of rotatable bonds is 10. The standard InChI is InChI=1S/C23H29N3O6S/c1-2-32-21-9-7-18(8-10-21)23(28)25-16-22(27)24-15-19-5-3-4-6-20(19)17-33(29,30)26-11-13-31-14-12-26/h3-10H,2,11-17H2,1H3,(H,24,27)(H,25,28). The number of carbonyl (C=O) groups is 2. The number of nitrogens with one attached hydrogen (secondary N) is 2. The van der Waals surface area contributed by atoms with Gasteiger partial charge in [-0.2, -0.15) is 4.31 Å². The highest BCUT2D eigenvalue weighted by atomic mass is 32.2. The van der Waals surface area contributed by atoms with E-state index in [1.54, 1.807) is 48.5 Å². The molecular weight excluding hydrogens is 446 g/mol. The number of benzene rings is 2. The van der Waals surface area contributed by atoms with Gasteiger partial charge in [-0.05, 0) is 42.3 Å². The minimum absolute atomic E-state index is 0.145. The topological polar surface area (TPSA) is 114 Å². The third kappa shape index (κ3) is 7.28. The number of morpholine rings is 1. The fourth-order valence-electron chi connectivity index (χ4n) is 3.37. The van der Waals surface area contributed by atoms with Gasteiger partial charge in [0, 0.05) is 25.2 Å². The van der Waals surface area contributed by atoms with Crippen LogP contribution in [-0.4, -0.2) is 64.0 Å². The van der Waals surface area contributed by atoms with Gasteiger partial charge in [0.15, 0.2) is 0 Å². The maximum Gasteiger partial charge on any atom is 0.251 e. The van der Waals surface area contributed by atoms with Gasteiger partial charge in [-0.3, -0.25) is 9.59 Å². The molecule has 0 saturated carbocycles. The van der Waals surface area contributed by atoms with Gasteiger partial charge in [-0.1, -0.05) is 24.3 Å². The highest BCUT2D eigenvalue weighted by Crippen LogP contribution is 2.17. The van der Waals surface area contributed by atoms with Crippen LogP contribution in [0.15, 0.2) is 48.5 Å². The SMILES string of the molecule is CCOc1ccc(C(=O)NCC(=O)NCc2ccccc2CS(=O)(=O)N2CCOCC2)cc1. The monoisotopic (exact) mass is 475 g/mol. The van der Waals surface area contributed by atoms with Crippen LogP contribution >= 0.6 is 0 Å². The second-order valence-electron chi connectivity index (χ2n) is 7.45. The Bertz CT molecular complexity index is 1050. The number of nitrogens with zero attached hydrogens (tertiary/aromatic N) is 1. The molecule has 2 aromatic carbocycles. The molecule has 0 spiro atoms. The third-order valence-electron chi connectivity index (χ3n) is 5.13. The van der Waals surface area contributed by atoms with E-state index >= 15 is 0 Å². The first-order valence-electron chi connectivity index (χ1n) is 10.8. The smallest absolute Gasteiger partial charge is 0.251 e. The number of carbonyl (C=O) groups excluding carboxylic acids is 2. The minimum atomic E-state index is -3.48. The van der Waals surface area contributed by atoms with Crippen molar-refractivity contribution in [3.8, 4) is 5.75 Å². The molecule has 0 bridgehead atoms. The molecule has 0 aromatic heterocycles. The molecule has 33 heavy (non-hydrogen) atoms. The molecule has 2 N–H and O–H groups in total. The van der Waals surface area contributed by atoms with Crippen molar-refractivity contribution in [2.24, 2.45) is 0 Å². The van der Waals surface area contributed by atoms with Gasteiger partial charge < -0.3 is 20.1 Å². The molecule has 1 heterocycles. The molecule has 0 radical (unpaired) electrons. The normalized spacial score (nSPS) is 14.5. The summed E-state index contributed by atoms with van der Waals surface area (Å²) in [7, 11) is -3.48. The predicted octanol–water partition coefficient (Wildman–Crippen LogP) is 1.29. The van der Waals surface area contributed by atoms with Crippen LogP contribution in [-0.2, 0) is 31.9 Å². The van der Waals surface area contributed by atoms with E-state index in [0.717, 1.165) is 0 Å². The largest absolute Gasteiger partial charge is 0.494 e. The van der Waals surface area contributed by atoms with Crippen molar-refractivity contribution < 1.29 is 27.5 Å². The molecule has 3 rings (SSSR count). The van der Waals surface area contributed by atoms with E-state index in [2.05, 4.69) is 10.6 Å². The first-order valence-corrected chi connectivity index (χ1v) is 12.4. The van der Waals surface area contributed by atoms with E-state index < -0.39 is 10.0 Å². The predicted molar refractivity (Wildman–Crippen MR) is 123 cm³/mol. The minimum Gasteiger partial charge on any atom is -0.494 e. The lowest BCUT2D eigenvalue weighted by Crippen LogP contribution is -2.41. The number of amides is 2. The van der Waals surface area contributed by atoms with Crippen molar-refractivity contribution in [1.29, 1.82) is 0 Å². The van der Waals surface area contributed by atoms with Crippen LogP contribution in [0.4, 0.5) is 0 Å². The van der Waals surface area contributed by atoms with E-state index in [-0.39, 0.29) is 30.7 Å². The van der Waals surface area contributed by atoms with Crippen LogP contribution in [0.2, 0.25) is 0 Å². The average molecular weight is 476 g/mol. The number of hydrogen-bond donors (Lipinski definition) is 2. The summed E-state index contributed by atoms with van der Waals surface area (Å²) in [5.41, 5.74) is 1.76. The highest BCUT2D eigenvalue weighted by molar-refractivity contribution is 7.88. The van der Waals surface area contributed by atoms with Crippen molar-refractivity contribution >= 4 is 21.8 Å². The molecular formula is C23H29N3O6S. The average Bonchev–Trinajstić information content (AvgIpc) is 2.83. The Morgan fingerprint density at radius 1 is 1.00 bits per heavy atom. The zero-order valence-corrected chi connectivity index (χ0v) is 19.4. The van der Waals surface area contributed by atoms with Crippen LogP contribution in [0.5, 0.6) is 5.75 Å². The van der Waals surface area contributed by atoms with Gasteiger partial charge in [0.1, 0.15) is 5.75 Å². The van der Waals surface area contributed by atoms with Crippen molar-refractivity contribution in [3.63, 3.8) is 0 Å². The van der Waals surface area contributed by atoms with Gasteiger partial charge in [0.25, 0.3) is 5.91 Å². The lowest BCUT2D eigenvalue weighted by atomic mass is 10.1. The van der Waals surface area contributed by atoms with Crippen molar-refractivity contribution in [3.05, 3.63) is 65.2 Å². The Morgan fingerprint density at radius 2 is 1.67 bits per heavy atom. The van der Waals surface area contributed by atoms with Gasteiger partial charge in [0.2, 0.25) is 15.9 Å². The Labute approximate surface area is 194 Å². The first kappa shape index (κ1) is 24.7. The van der Waals surface area contributed by atoms with Crippen LogP contribution in [0.25, 0.3) is 0 Å². The number of hydrogen-bond acceptors (Lipinski definition) is 6. The number of ether oxygens (including phenoxy) is 2. The lowest BCUT2D eigenvalue weighted by Gasteiger charge is -2.26. The molecule has 178 valence electrons. The van der Waals surface area contributed by atoms with E-state index in [0.29, 0.717) is 55.4 Å². The summed E-state index contributed by atoms with van der Waals surface area (Å²) in [6.45, 7) is 3.84. The van der Waals surface area contributed by atoms with Gasteiger partial charge in [-0.15, -0.1) is 0 Å². The van der Waals surface area contributed by atoms with E-state index in [9.17, 15) is 18.0 Å². The van der Waals surface area contributed by atoms with Crippen molar-refractivity contribution in [2.45, 2.75) is 19.2 Å². The second kappa shape index (κ2) is 11.8. The molecule has 2 aromatic rings. The van der Waals surface area contributed by atoms with E-state index in [4.69, 9.17) is 9.47 Å². The molecule has 1 aliphatic heterocycles. The number of sulfonamides is 1. The third-order valence-corrected chi connectivity index (χ3v) is 6.96. The summed E-state index contributed by atoms with van der Waals surface area (Å²) in [6.07, 6.45) is 0. The van der Waals surface area contributed by atoms with E-state index in [1.807, 2.05) is 6.92 Å². The van der Waals surface area contributed by atoms with Gasteiger partial charge >= 0.3 is 0 Å². The van der Waals surface area contributed by atoms with E-state index in [1.165, 1.54) is 4.31 Å². The lowest BCUT2D eigenvalue weighted by molar-refractivity contribution is -0.120. The molecule has 0 atom stereocenters. The molecule has 1 aliphatic rings. The zero-order valence-electron chi connectivity index (χ0n) is 18.6. The summed E-state index contributed by atoms with van der Waals surface area (Å²) >= 11 is 0. The van der Waals surface area contributed by atoms with Crippen LogP contribution in [0, 0.1) is 0 Å². The van der Waals surface area contributed by atoms with Gasteiger partial charge in [0.05, 0.1) is 32.1 Å². The second-order valence-corrected chi connectivity index (χ2v) is 9.42. The molecule has 1 fully saturated rings. The van der Waals surface area contributed by atoms with Crippen LogP contribution in [0.1, 0.15) is 28.4 Å². The zero-order chi connectivity index (χ0) is 23.7. The summed E-state index contributed by atoms with van der Waals surface area (Å²) < 4.78 is 37.5. The quantitative estimate of drug-likeness (QED) is 0.535. The van der Waals surface area contributed by atoms with Crippen molar-refractivity contribution in [2.75, 3.05) is 39.5 Å². The fourth-order valence-corrected chi connectivity index (χ4v) is 4.93. The highest BCUT2D eigenvalue weighted by Gasteiger charge is 2.25. The van der Waals surface area contributed by atoms with Crippen molar-refractivity contribution in [1.82, 2.24) is 14.9 Å². The molecule has 0 aliphatic carbocycles. The summed E-state index contributed by atoms with van der Waals surface area (Å²) in [5.74, 6) is -0.223. The maximum absolute atomic E-state index is 12.7. The molecule has 10 heteroatoms. The van der Waals surface area contributed by atoms with Crippen LogP contribution < -0.4 is 15.4 Å². The summed E-state index contributed by atoms with van der Waals surface area (Å²) in [6, 6.07) is 13.7. The molecule has 2 amide bonds. The Hall–Kier alpha value is -2.95. The Kier molecular flexibility index (Phi) is 8.81. The molecule has 1 saturated heterocycles. The maximum atomic E-state index is 12.7. The molecule has 9 nitrogen and oxygen atoms in total. The first-order chi connectivity index (χ1) is 15.9. The summed E-state index contributed by atoms with van der Waals surface area (Å²) in [5, 5.41) is 5.31. The Balaban J connectivity index is 1.51. The fraction of sp³-hybridized carbons (Fsp3) is 0.391. The Morgan fingerprint density at radius 3 is 2.33 bits per heavy atom. The molecule has 0 unspecified atom stereocenters. The summed E-state index contributed by atoms with van der Waals surface area (Å²) in [4.78, 5) is 24.5. The van der Waals surface area contributed by atoms with Gasteiger partial charge in [-0.25, -0.2) is 8.42 Å².